The van der Waals surface area contributed by atoms with Crippen LogP contribution in [0.1, 0.15) is 0 Å². The van der Waals surface area contributed by atoms with Crippen LogP contribution in [0.15, 0.2) is 16.7 Å². The van der Waals surface area contributed by atoms with Gasteiger partial charge < -0.3 is 15.2 Å². The van der Waals surface area contributed by atoms with E-state index in [0.29, 0.717) is 4.60 Å². The van der Waals surface area contributed by atoms with E-state index in [1.54, 1.807) is 12.1 Å². The molecule has 0 saturated heterocycles. The van der Waals surface area contributed by atoms with Crippen molar-refractivity contribution in [1.29, 1.82) is 0 Å². The van der Waals surface area contributed by atoms with E-state index in [-0.39, 0.29) is 11.6 Å². The van der Waals surface area contributed by atoms with Crippen molar-refractivity contribution in [2.24, 2.45) is 0 Å². The van der Waals surface area contributed by atoms with Gasteiger partial charge in [0.05, 0.1) is 12.8 Å². The third-order valence-corrected chi connectivity index (χ3v) is 1.64. The Morgan fingerprint density at radius 3 is 2.92 bits per heavy atom. The molecule has 1 aromatic heterocycles. The Bertz CT molecular complexity index is 330. The molecular weight excluding hydrogens is 240 g/mol. The number of ether oxygens (including phenoxy) is 2. The minimum absolute atomic E-state index is 0.0289. The number of carbonyl (C=O) groups excluding carboxylic acids is 1. The first-order valence-corrected chi connectivity index (χ1v) is 4.10. The van der Waals surface area contributed by atoms with Gasteiger partial charge in [-0.25, -0.2) is 9.78 Å². The van der Waals surface area contributed by atoms with Crippen LogP contribution < -0.4 is 10.5 Å². The maximum Gasteiger partial charge on any atom is 0.514 e. The van der Waals surface area contributed by atoms with Crippen LogP contribution in [0.4, 0.5) is 10.5 Å². The first kappa shape index (κ1) is 9.79. The number of nitrogen functional groups attached to an aromatic ring is 1. The van der Waals surface area contributed by atoms with Crippen LogP contribution in [0.2, 0.25) is 0 Å². The van der Waals surface area contributed by atoms with E-state index in [9.17, 15) is 4.79 Å². The number of methoxy groups -OCH3 is 1. The molecule has 2 N–H and O–H groups in total. The second-order valence-electron chi connectivity index (χ2n) is 2.08. The van der Waals surface area contributed by atoms with E-state index < -0.39 is 6.16 Å². The number of halogens is 1. The van der Waals surface area contributed by atoms with E-state index in [4.69, 9.17) is 5.73 Å². The van der Waals surface area contributed by atoms with Crippen molar-refractivity contribution in [2.75, 3.05) is 12.8 Å². The van der Waals surface area contributed by atoms with Crippen LogP contribution >= 0.6 is 15.9 Å². The summed E-state index contributed by atoms with van der Waals surface area (Å²) in [6.07, 6.45) is -0.850. The Morgan fingerprint density at radius 2 is 2.31 bits per heavy atom. The number of nitrogens with zero attached hydrogens (tertiary/aromatic N) is 1. The molecule has 0 saturated carbocycles. The van der Waals surface area contributed by atoms with Gasteiger partial charge in [-0.1, -0.05) is 0 Å². The SMILES string of the molecule is COC(=O)Oc1nc(Br)ccc1N. The van der Waals surface area contributed by atoms with Gasteiger partial charge in [-0.05, 0) is 28.1 Å². The molecule has 0 fully saturated rings. The fourth-order valence-electron chi connectivity index (χ4n) is 0.631. The lowest BCUT2D eigenvalue weighted by molar-refractivity contribution is 0.120. The monoisotopic (exact) mass is 246 g/mol. The third kappa shape index (κ3) is 2.59. The normalized spacial score (nSPS) is 9.38. The number of hydrogen-bond donors (Lipinski definition) is 1. The third-order valence-electron chi connectivity index (χ3n) is 1.20. The van der Waals surface area contributed by atoms with Gasteiger partial charge in [0.15, 0.2) is 0 Å². The number of carbonyl (C=O) groups is 1. The minimum Gasteiger partial charge on any atom is -0.437 e. The number of pyridine rings is 1. The Morgan fingerprint density at radius 1 is 1.62 bits per heavy atom. The van der Waals surface area contributed by atoms with Gasteiger partial charge in [0.1, 0.15) is 4.60 Å². The predicted molar refractivity (Wildman–Crippen MR) is 49.4 cm³/mol. The van der Waals surface area contributed by atoms with Gasteiger partial charge in [0.2, 0.25) is 0 Å². The zero-order valence-electron chi connectivity index (χ0n) is 6.78. The van der Waals surface area contributed by atoms with Gasteiger partial charge >= 0.3 is 6.16 Å². The molecule has 1 heterocycles. The summed E-state index contributed by atoms with van der Waals surface area (Å²) in [6.45, 7) is 0. The highest BCUT2D eigenvalue weighted by Gasteiger charge is 2.08. The first-order chi connectivity index (χ1) is 6.13. The highest BCUT2D eigenvalue weighted by Crippen LogP contribution is 2.21. The standard InChI is InChI=1S/C7H7BrN2O3/c1-12-7(11)13-6-4(9)2-3-5(8)10-6/h2-3H,9H2,1H3. The first-order valence-electron chi connectivity index (χ1n) is 3.31. The minimum atomic E-state index is -0.850. The average Bonchev–Trinajstić information content (AvgIpc) is 2.11. The number of rotatable bonds is 1. The summed E-state index contributed by atoms with van der Waals surface area (Å²) in [5.74, 6) is 0.0289. The Kier molecular flexibility index (Phi) is 3.07. The van der Waals surface area contributed by atoms with Gasteiger partial charge in [-0.2, -0.15) is 0 Å². The van der Waals surface area contributed by atoms with Gasteiger partial charge in [-0.3, -0.25) is 0 Å². The van der Waals surface area contributed by atoms with E-state index in [1.807, 2.05) is 0 Å². The molecule has 0 radical (unpaired) electrons. The largest absolute Gasteiger partial charge is 0.514 e. The maximum absolute atomic E-state index is 10.7. The van der Waals surface area contributed by atoms with Crippen molar-refractivity contribution in [3.63, 3.8) is 0 Å². The molecule has 0 bridgehead atoms. The summed E-state index contributed by atoms with van der Waals surface area (Å²) < 4.78 is 9.45. The smallest absolute Gasteiger partial charge is 0.437 e. The Labute approximate surface area is 83.0 Å². The molecule has 70 valence electrons. The molecule has 0 atom stereocenters. The lowest BCUT2D eigenvalue weighted by atomic mass is 10.4. The van der Waals surface area contributed by atoms with Crippen LogP contribution in [0.5, 0.6) is 5.88 Å². The fourth-order valence-corrected chi connectivity index (χ4v) is 0.924. The summed E-state index contributed by atoms with van der Waals surface area (Å²) in [5.41, 5.74) is 5.75. The number of anilines is 1. The van der Waals surface area contributed by atoms with Crippen molar-refractivity contribution < 1.29 is 14.3 Å². The van der Waals surface area contributed by atoms with Crippen molar-refractivity contribution in [1.82, 2.24) is 4.98 Å². The molecule has 0 aliphatic carbocycles. The van der Waals surface area contributed by atoms with Crippen molar-refractivity contribution in [2.45, 2.75) is 0 Å². The molecule has 5 nitrogen and oxygen atoms in total. The van der Waals surface area contributed by atoms with Crippen LogP contribution in [0, 0.1) is 0 Å². The van der Waals surface area contributed by atoms with Gasteiger partial charge in [0.25, 0.3) is 5.88 Å². The predicted octanol–water partition coefficient (Wildman–Crippen LogP) is 1.57. The number of aromatic nitrogens is 1. The van der Waals surface area contributed by atoms with E-state index >= 15 is 0 Å². The maximum atomic E-state index is 10.7. The highest BCUT2D eigenvalue weighted by atomic mass is 79.9. The molecule has 0 aromatic carbocycles. The molecule has 0 amide bonds. The topological polar surface area (TPSA) is 74.4 Å². The Hall–Kier alpha value is -1.30. The van der Waals surface area contributed by atoms with E-state index in [1.165, 1.54) is 7.11 Å². The van der Waals surface area contributed by atoms with Crippen LogP contribution in [-0.2, 0) is 4.74 Å². The summed E-state index contributed by atoms with van der Waals surface area (Å²) in [6, 6.07) is 3.20. The molecule has 6 heteroatoms. The average molecular weight is 247 g/mol. The summed E-state index contributed by atoms with van der Waals surface area (Å²) in [5, 5.41) is 0. The van der Waals surface area contributed by atoms with Gasteiger partial charge in [-0.15, -0.1) is 0 Å². The van der Waals surface area contributed by atoms with E-state index in [2.05, 4.69) is 30.4 Å². The van der Waals surface area contributed by atoms with Crippen molar-refractivity contribution in [3.05, 3.63) is 16.7 Å². The number of hydrogen-bond acceptors (Lipinski definition) is 5. The highest BCUT2D eigenvalue weighted by molar-refractivity contribution is 9.10. The number of nitrogens with two attached hydrogens (primary N) is 1. The second kappa shape index (κ2) is 4.08. The lowest BCUT2D eigenvalue weighted by Gasteiger charge is -2.03. The Balaban J connectivity index is 2.87. The van der Waals surface area contributed by atoms with Gasteiger partial charge in [0, 0.05) is 0 Å². The molecule has 1 aromatic rings. The molecule has 0 spiro atoms. The summed E-state index contributed by atoms with van der Waals surface area (Å²) in [7, 11) is 1.20. The van der Waals surface area contributed by atoms with Crippen LogP contribution in [0.25, 0.3) is 0 Å². The molecule has 0 aliphatic rings. The summed E-state index contributed by atoms with van der Waals surface area (Å²) >= 11 is 3.11. The quantitative estimate of drug-likeness (QED) is 0.602. The zero-order chi connectivity index (χ0) is 9.84. The van der Waals surface area contributed by atoms with Crippen LogP contribution in [-0.4, -0.2) is 18.2 Å². The van der Waals surface area contributed by atoms with Crippen molar-refractivity contribution >= 4 is 27.8 Å². The molecule has 1 rings (SSSR count). The molecule has 0 unspecified atom stereocenters. The van der Waals surface area contributed by atoms with Crippen molar-refractivity contribution in [3.8, 4) is 5.88 Å². The van der Waals surface area contributed by atoms with Crippen LogP contribution in [0.3, 0.4) is 0 Å². The lowest BCUT2D eigenvalue weighted by Crippen LogP contribution is -2.10. The molecule has 0 aliphatic heterocycles. The fraction of sp³-hybridized carbons (Fsp3) is 0.143. The summed E-state index contributed by atoms with van der Waals surface area (Å²) in [4.78, 5) is 14.5. The zero-order valence-corrected chi connectivity index (χ0v) is 8.37. The molecule has 13 heavy (non-hydrogen) atoms. The molecular formula is C7H7BrN2O3. The second-order valence-corrected chi connectivity index (χ2v) is 2.90. The van der Waals surface area contributed by atoms with E-state index in [0.717, 1.165) is 0 Å².